The first-order chi connectivity index (χ1) is 14.2. The Hall–Kier alpha value is -1.74. The van der Waals surface area contributed by atoms with Crippen LogP contribution in [0, 0.1) is 5.82 Å². The first-order valence-corrected chi connectivity index (χ1v) is 11.3. The van der Waals surface area contributed by atoms with E-state index >= 15 is 0 Å². The van der Waals surface area contributed by atoms with Crippen LogP contribution in [0.2, 0.25) is 0 Å². The number of morpholine rings is 1. The Morgan fingerprint density at radius 1 is 1.00 bits per heavy atom. The van der Waals surface area contributed by atoms with Crippen LogP contribution in [0.4, 0.5) is 4.39 Å². The van der Waals surface area contributed by atoms with Crippen LogP contribution in [0.1, 0.15) is 5.56 Å². The Labute approximate surface area is 182 Å². The normalized spacial score (nSPS) is 15.0. The Bertz CT molecular complexity index is 944. The molecule has 2 heterocycles. The van der Waals surface area contributed by atoms with Gasteiger partial charge in [0, 0.05) is 42.0 Å². The van der Waals surface area contributed by atoms with Crippen molar-refractivity contribution in [3.8, 4) is 11.4 Å². The fourth-order valence-corrected chi connectivity index (χ4v) is 4.81. The summed E-state index contributed by atoms with van der Waals surface area (Å²) in [5.74, 6) is 1.31. The number of nitrogens with zero attached hydrogens (tertiary/aromatic N) is 4. The van der Waals surface area contributed by atoms with Crippen molar-refractivity contribution in [2.45, 2.75) is 17.5 Å². The molecule has 0 N–H and O–H groups in total. The second kappa shape index (κ2) is 9.84. The fraction of sp³-hybridized carbons (Fsp3) is 0.333. The van der Waals surface area contributed by atoms with Crippen LogP contribution in [0.3, 0.4) is 0 Å². The highest BCUT2D eigenvalue weighted by atomic mass is 79.9. The van der Waals surface area contributed by atoms with Crippen molar-refractivity contribution >= 4 is 27.7 Å². The van der Waals surface area contributed by atoms with Gasteiger partial charge < -0.3 is 9.30 Å². The summed E-state index contributed by atoms with van der Waals surface area (Å²) in [4.78, 5) is 2.39. The summed E-state index contributed by atoms with van der Waals surface area (Å²) in [5.41, 5.74) is 2.08. The highest BCUT2D eigenvalue weighted by Gasteiger charge is 2.17. The van der Waals surface area contributed by atoms with Crippen molar-refractivity contribution in [3.63, 3.8) is 0 Å². The molecule has 1 aliphatic rings. The van der Waals surface area contributed by atoms with Gasteiger partial charge in [-0.3, -0.25) is 4.90 Å². The summed E-state index contributed by atoms with van der Waals surface area (Å²) in [6.07, 6.45) is 0. The maximum absolute atomic E-state index is 13.4. The second-order valence-corrected chi connectivity index (χ2v) is 8.60. The first kappa shape index (κ1) is 20.5. The molecule has 0 amide bonds. The zero-order chi connectivity index (χ0) is 20.1. The third-order valence-electron chi connectivity index (χ3n) is 4.88. The Kier molecular flexibility index (Phi) is 6.97. The van der Waals surface area contributed by atoms with Gasteiger partial charge in [-0.2, -0.15) is 0 Å². The molecule has 0 unspecified atom stereocenters. The van der Waals surface area contributed by atoms with Crippen molar-refractivity contribution in [3.05, 3.63) is 64.4 Å². The predicted molar refractivity (Wildman–Crippen MR) is 116 cm³/mol. The lowest BCUT2D eigenvalue weighted by Gasteiger charge is -2.27. The van der Waals surface area contributed by atoms with E-state index in [2.05, 4.69) is 41.7 Å². The third kappa shape index (κ3) is 5.25. The van der Waals surface area contributed by atoms with Crippen molar-refractivity contribution in [2.24, 2.45) is 0 Å². The standard InChI is InChI=1S/C21H22BrFN4OS/c22-19-4-2-1-3-17(19)15-29-21-25-24-20(16-5-7-18(23)8-6-16)27(21)10-9-26-11-13-28-14-12-26/h1-8H,9-15H2. The highest BCUT2D eigenvalue weighted by Crippen LogP contribution is 2.29. The van der Waals surface area contributed by atoms with Gasteiger partial charge in [0.25, 0.3) is 0 Å². The van der Waals surface area contributed by atoms with E-state index in [1.54, 1.807) is 23.9 Å². The SMILES string of the molecule is Fc1ccc(-c2nnc(SCc3ccccc3Br)n2CCN2CCOCC2)cc1. The van der Waals surface area contributed by atoms with E-state index in [9.17, 15) is 4.39 Å². The first-order valence-electron chi connectivity index (χ1n) is 9.56. The number of hydrogen-bond donors (Lipinski definition) is 0. The molecule has 152 valence electrons. The summed E-state index contributed by atoms with van der Waals surface area (Å²) in [7, 11) is 0. The average Bonchev–Trinajstić information content (AvgIpc) is 3.16. The zero-order valence-electron chi connectivity index (χ0n) is 15.9. The van der Waals surface area contributed by atoms with Crippen molar-refractivity contribution in [1.82, 2.24) is 19.7 Å². The summed E-state index contributed by atoms with van der Waals surface area (Å²) in [6, 6.07) is 14.6. The number of halogens is 2. The summed E-state index contributed by atoms with van der Waals surface area (Å²) in [6.45, 7) is 5.10. The van der Waals surface area contributed by atoms with E-state index in [-0.39, 0.29) is 5.82 Å². The fourth-order valence-electron chi connectivity index (χ4n) is 3.23. The molecule has 1 aliphatic heterocycles. The molecular formula is C21H22BrFN4OS. The number of ether oxygens (including phenoxy) is 1. The molecule has 0 spiro atoms. The molecule has 8 heteroatoms. The lowest BCUT2D eigenvalue weighted by molar-refractivity contribution is 0.0361. The van der Waals surface area contributed by atoms with Gasteiger partial charge in [0.05, 0.1) is 13.2 Å². The number of thioether (sulfide) groups is 1. The molecule has 0 aliphatic carbocycles. The van der Waals surface area contributed by atoms with Crippen LogP contribution in [-0.2, 0) is 17.0 Å². The molecule has 0 saturated carbocycles. The molecule has 0 radical (unpaired) electrons. The van der Waals surface area contributed by atoms with Crippen LogP contribution in [0.15, 0.2) is 58.2 Å². The maximum atomic E-state index is 13.4. The van der Waals surface area contributed by atoms with Crippen LogP contribution in [0.5, 0.6) is 0 Å². The van der Waals surface area contributed by atoms with Gasteiger partial charge in [-0.25, -0.2) is 4.39 Å². The van der Waals surface area contributed by atoms with E-state index < -0.39 is 0 Å². The Morgan fingerprint density at radius 3 is 2.52 bits per heavy atom. The number of benzene rings is 2. The number of aromatic nitrogens is 3. The number of hydrogen-bond acceptors (Lipinski definition) is 5. The molecule has 3 aromatic rings. The smallest absolute Gasteiger partial charge is 0.191 e. The third-order valence-corrected chi connectivity index (χ3v) is 6.67. The quantitative estimate of drug-likeness (QED) is 0.470. The van der Waals surface area contributed by atoms with Crippen LogP contribution in [-0.4, -0.2) is 52.5 Å². The van der Waals surface area contributed by atoms with Gasteiger partial charge in [-0.1, -0.05) is 45.9 Å². The van der Waals surface area contributed by atoms with E-state index in [1.807, 2.05) is 18.2 Å². The highest BCUT2D eigenvalue weighted by molar-refractivity contribution is 9.10. The molecule has 5 nitrogen and oxygen atoms in total. The van der Waals surface area contributed by atoms with Gasteiger partial charge in [0.15, 0.2) is 11.0 Å². The van der Waals surface area contributed by atoms with E-state index in [0.29, 0.717) is 0 Å². The van der Waals surface area contributed by atoms with E-state index in [1.165, 1.54) is 17.7 Å². The largest absolute Gasteiger partial charge is 0.379 e. The second-order valence-electron chi connectivity index (χ2n) is 6.80. The van der Waals surface area contributed by atoms with Gasteiger partial charge in [-0.05, 0) is 35.9 Å². The van der Waals surface area contributed by atoms with E-state index in [0.717, 1.165) is 66.2 Å². The summed E-state index contributed by atoms with van der Waals surface area (Å²) < 4.78 is 22.1. The molecule has 2 aromatic carbocycles. The molecule has 0 bridgehead atoms. The Morgan fingerprint density at radius 2 is 1.76 bits per heavy atom. The lowest BCUT2D eigenvalue weighted by atomic mass is 10.2. The van der Waals surface area contributed by atoms with Crippen LogP contribution < -0.4 is 0 Å². The van der Waals surface area contributed by atoms with Gasteiger partial charge in [0.2, 0.25) is 0 Å². The van der Waals surface area contributed by atoms with Crippen LogP contribution >= 0.6 is 27.7 Å². The van der Waals surface area contributed by atoms with Gasteiger partial charge in [0.1, 0.15) is 5.82 Å². The van der Waals surface area contributed by atoms with Gasteiger partial charge in [-0.15, -0.1) is 10.2 Å². The van der Waals surface area contributed by atoms with Crippen molar-refractivity contribution in [2.75, 3.05) is 32.8 Å². The van der Waals surface area contributed by atoms with E-state index in [4.69, 9.17) is 4.74 Å². The van der Waals surface area contributed by atoms with Crippen molar-refractivity contribution < 1.29 is 9.13 Å². The molecule has 0 atom stereocenters. The average molecular weight is 477 g/mol. The predicted octanol–water partition coefficient (Wildman–Crippen LogP) is 4.47. The van der Waals surface area contributed by atoms with Gasteiger partial charge >= 0.3 is 0 Å². The summed E-state index contributed by atoms with van der Waals surface area (Å²) >= 11 is 5.27. The Balaban J connectivity index is 1.56. The maximum Gasteiger partial charge on any atom is 0.191 e. The zero-order valence-corrected chi connectivity index (χ0v) is 18.3. The molecular weight excluding hydrogens is 455 g/mol. The number of rotatable bonds is 7. The minimum Gasteiger partial charge on any atom is -0.379 e. The minimum absolute atomic E-state index is 0.253. The summed E-state index contributed by atoms with van der Waals surface area (Å²) in [5, 5.41) is 9.75. The lowest BCUT2D eigenvalue weighted by Crippen LogP contribution is -2.38. The minimum atomic E-state index is -0.253. The van der Waals surface area contributed by atoms with Crippen LogP contribution in [0.25, 0.3) is 11.4 Å². The topological polar surface area (TPSA) is 43.2 Å². The van der Waals surface area contributed by atoms with Crippen molar-refractivity contribution in [1.29, 1.82) is 0 Å². The molecule has 4 rings (SSSR count). The molecule has 1 aromatic heterocycles. The molecule has 1 saturated heterocycles. The molecule has 1 fully saturated rings. The monoisotopic (exact) mass is 476 g/mol. The molecule has 29 heavy (non-hydrogen) atoms.